The Labute approximate surface area is 109 Å². The van der Waals surface area contributed by atoms with Gasteiger partial charge in [-0.2, -0.15) is 0 Å². The minimum absolute atomic E-state index is 0.0858. The Morgan fingerprint density at radius 2 is 2.17 bits per heavy atom. The van der Waals surface area contributed by atoms with Crippen molar-refractivity contribution in [2.45, 2.75) is 13.3 Å². The highest BCUT2D eigenvalue weighted by atomic mass is 35.5. The Hall–Kier alpha value is -1.88. The van der Waals surface area contributed by atoms with Crippen LogP contribution in [0, 0.1) is 10.1 Å². The Morgan fingerprint density at radius 1 is 1.44 bits per heavy atom. The SMILES string of the molecule is CCCNc1c([N+](=O)[O-])c(Cl)nc2ccccc12. The molecule has 0 atom stereocenters. The number of rotatable bonds is 4. The molecule has 5 nitrogen and oxygen atoms in total. The number of aromatic nitrogens is 1. The Bertz CT molecular complexity index is 601. The first-order valence-electron chi connectivity index (χ1n) is 5.61. The van der Waals surface area contributed by atoms with E-state index in [1.807, 2.05) is 19.1 Å². The summed E-state index contributed by atoms with van der Waals surface area (Å²) in [5.74, 6) is 0. The van der Waals surface area contributed by atoms with Crippen LogP contribution in [0.1, 0.15) is 13.3 Å². The maximum absolute atomic E-state index is 11.1. The Balaban J connectivity index is 2.72. The van der Waals surface area contributed by atoms with Crippen LogP contribution in [0.2, 0.25) is 5.15 Å². The van der Waals surface area contributed by atoms with Crippen molar-refractivity contribution >= 4 is 33.9 Å². The summed E-state index contributed by atoms with van der Waals surface area (Å²) in [6, 6.07) is 7.21. The fourth-order valence-corrected chi connectivity index (χ4v) is 2.02. The third-order valence-corrected chi connectivity index (χ3v) is 2.82. The molecular formula is C12H12ClN3O2. The van der Waals surface area contributed by atoms with Gasteiger partial charge in [0.25, 0.3) is 0 Å². The lowest BCUT2D eigenvalue weighted by Crippen LogP contribution is -2.05. The van der Waals surface area contributed by atoms with Gasteiger partial charge in [-0.3, -0.25) is 10.1 Å². The first kappa shape index (κ1) is 12.6. The number of fused-ring (bicyclic) bond motifs is 1. The number of halogens is 1. The quantitative estimate of drug-likeness (QED) is 0.521. The third-order valence-electron chi connectivity index (χ3n) is 2.56. The molecule has 0 aliphatic rings. The van der Waals surface area contributed by atoms with Gasteiger partial charge in [-0.15, -0.1) is 0 Å². The van der Waals surface area contributed by atoms with Gasteiger partial charge in [-0.05, 0) is 12.5 Å². The first-order valence-corrected chi connectivity index (χ1v) is 5.99. The highest BCUT2D eigenvalue weighted by Gasteiger charge is 2.23. The fraction of sp³-hybridized carbons (Fsp3) is 0.250. The van der Waals surface area contributed by atoms with Gasteiger partial charge >= 0.3 is 5.69 Å². The van der Waals surface area contributed by atoms with Crippen molar-refractivity contribution in [1.29, 1.82) is 0 Å². The normalized spacial score (nSPS) is 10.6. The predicted molar refractivity (Wildman–Crippen MR) is 72.2 cm³/mol. The van der Waals surface area contributed by atoms with Crippen LogP contribution in [-0.4, -0.2) is 16.5 Å². The maximum Gasteiger partial charge on any atom is 0.329 e. The number of anilines is 1. The largest absolute Gasteiger partial charge is 0.379 e. The van der Waals surface area contributed by atoms with Crippen molar-refractivity contribution in [3.63, 3.8) is 0 Å². The lowest BCUT2D eigenvalue weighted by Gasteiger charge is -2.10. The molecule has 1 N–H and O–H groups in total. The zero-order chi connectivity index (χ0) is 13.1. The lowest BCUT2D eigenvalue weighted by molar-refractivity contribution is -0.384. The summed E-state index contributed by atoms with van der Waals surface area (Å²) in [6.45, 7) is 2.63. The third kappa shape index (κ3) is 2.22. The van der Waals surface area contributed by atoms with E-state index in [0.717, 1.165) is 6.42 Å². The zero-order valence-electron chi connectivity index (χ0n) is 9.81. The van der Waals surface area contributed by atoms with Crippen LogP contribution < -0.4 is 5.32 Å². The van der Waals surface area contributed by atoms with Gasteiger partial charge in [0.05, 0.1) is 10.4 Å². The minimum atomic E-state index is -0.500. The second kappa shape index (κ2) is 5.18. The van der Waals surface area contributed by atoms with Gasteiger partial charge in [0.15, 0.2) is 0 Å². The van der Waals surface area contributed by atoms with Gasteiger partial charge in [0.1, 0.15) is 5.69 Å². The number of para-hydroxylation sites is 1. The molecule has 0 aliphatic carbocycles. The van der Waals surface area contributed by atoms with Crippen molar-refractivity contribution in [1.82, 2.24) is 4.98 Å². The molecule has 0 saturated heterocycles. The van der Waals surface area contributed by atoms with E-state index in [9.17, 15) is 10.1 Å². The van der Waals surface area contributed by atoms with Crippen molar-refractivity contribution in [2.75, 3.05) is 11.9 Å². The monoisotopic (exact) mass is 265 g/mol. The number of nitro groups is 1. The topological polar surface area (TPSA) is 68.1 Å². The van der Waals surface area contributed by atoms with Crippen LogP contribution in [0.5, 0.6) is 0 Å². The molecule has 0 saturated carbocycles. The summed E-state index contributed by atoms with van der Waals surface area (Å²) in [7, 11) is 0. The minimum Gasteiger partial charge on any atom is -0.379 e. The summed E-state index contributed by atoms with van der Waals surface area (Å²) in [5.41, 5.74) is 0.924. The van der Waals surface area contributed by atoms with E-state index in [2.05, 4.69) is 10.3 Å². The van der Waals surface area contributed by atoms with Crippen LogP contribution in [0.15, 0.2) is 24.3 Å². The van der Waals surface area contributed by atoms with Crippen LogP contribution in [0.25, 0.3) is 10.9 Å². The van der Waals surface area contributed by atoms with Crippen LogP contribution >= 0.6 is 11.6 Å². The number of benzene rings is 1. The Kier molecular flexibility index (Phi) is 3.62. The molecule has 0 aliphatic heterocycles. The van der Waals surface area contributed by atoms with Crippen LogP contribution in [0.3, 0.4) is 0 Å². The molecule has 1 aromatic heterocycles. The van der Waals surface area contributed by atoms with Crippen LogP contribution in [-0.2, 0) is 0 Å². The summed E-state index contributed by atoms with van der Waals surface area (Å²) in [5, 5.41) is 14.8. The van der Waals surface area contributed by atoms with E-state index in [-0.39, 0.29) is 10.8 Å². The molecule has 18 heavy (non-hydrogen) atoms. The maximum atomic E-state index is 11.1. The highest BCUT2D eigenvalue weighted by Crippen LogP contribution is 2.37. The molecule has 1 aromatic carbocycles. The van der Waals surface area contributed by atoms with Gasteiger partial charge in [0.2, 0.25) is 5.15 Å². The van der Waals surface area contributed by atoms with Gasteiger partial charge in [0, 0.05) is 11.9 Å². The average Bonchev–Trinajstić information content (AvgIpc) is 2.34. The van der Waals surface area contributed by atoms with E-state index in [4.69, 9.17) is 11.6 Å². The summed E-state index contributed by atoms with van der Waals surface area (Å²) < 4.78 is 0. The number of nitrogens with zero attached hydrogens (tertiary/aromatic N) is 2. The predicted octanol–water partition coefficient (Wildman–Crippen LogP) is 3.62. The molecule has 0 radical (unpaired) electrons. The van der Waals surface area contributed by atoms with Crippen molar-refractivity contribution in [3.05, 3.63) is 39.5 Å². The summed E-state index contributed by atoms with van der Waals surface area (Å²) in [4.78, 5) is 14.6. The highest BCUT2D eigenvalue weighted by molar-refractivity contribution is 6.33. The standard InChI is InChI=1S/C12H12ClN3O2/c1-2-7-14-10-8-5-3-4-6-9(8)15-12(13)11(10)16(17)18/h3-6H,2,7H2,1H3,(H,14,15). The summed E-state index contributed by atoms with van der Waals surface area (Å²) >= 11 is 5.89. The Morgan fingerprint density at radius 3 is 2.83 bits per heavy atom. The number of hydrogen-bond acceptors (Lipinski definition) is 4. The van der Waals surface area contributed by atoms with Crippen molar-refractivity contribution in [3.8, 4) is 0 Å². The smallest absolute Gasteiger partial charge is 0.329 e. The second-order valence-corrected chi connectivity index (χ2v) is 4.19. The number of nitrogens with one attached hydrogen (secondary N) is 1. The molecule has 0 amide bonds. The fourth-order valence-electron chi connectivity index (χ4n) is 1.77. The van der Waals surface area contributed by atoms with Gasteiger partial charge < -0.3 is 5.32 Å². The average molecular weight is 266 g/mol. The molecule has 0 bridgehead atoms. The molecule has 2 rings (SSSR count). The molecule has 0 spiro atoms. The molecule has 1 heterocycles. The van der Waals surface area contributed by atoms with Crippen LogP contribution in [0.4, 0.5) is 11.4 Å². The number of pyridine rings is 1. The first-order chi connectivity index (χ1) is 8.65. The molecule has 94 valence electrons. The van der Waals surface area contributed by atoms with E-state index >= 15 is 0 Å². The van der Waals surface area contributed by atoms with Gasteiger partial charge in [-0.25, -0.2) is 4.98 Å². The summed E-state index contributed by atoms with van der Waals surface area (Å²) in [6.07, 6.45) is 0.866. The molecule has 0 fully saturated rings. The zero-order valence-corrected chi connectivity index (χ0v) is 10.6. The van der Waals surface area contributed by atoms with Gasteiger partial charge in [-0.1, -0.05) is 36.7 Å². The van der Waals surface area contributed by atoms with Crippen molar-refractivity contribution in [2.24, 2.45) is 0 Å². The molecule has 2 aromatic rings. The molecular weight excluding hydrogens is 254 g/mol. The second-order valence-electron chi connectivity index (χ2n) is 3.83. The molecule has 0 unspecified atom stereocenters. The van der Waals surface area contributed by atoms with E-state index in [1.54, 1.807) is 12.1 Å². The van der Waals surface area contributed by atoms with Crippen molar-refractivity contribution < 1.29 is 4.92 Å². The van der Waals surface area contributed by atoms with E-state index in [0.29, 0.717) is 23.1 Å². The van der Waals surface area contributed by atoms with E-state index in [1.165, 1.54) is 0 Å². The van der Waals surface area contributed by atoms with E-state index < -0.39 is 4.92 Å². The number of hydrogen-bond donors (Lipinski definition) is 1. The molecule has 6 heteroatoms. The lowest BCUT2D eigenvalue weighted by atomic mass is 10.1.